The van der Waals surface area contributed by atoms with Crippen LogP contribution in [0.25, 0.3) is 11.0 Å². The summed E-state index contributed by atoms with van der Waals surface area (Å²) in [6.07, 6.45) is 2.99. The van der Waals surface area contributed by atoms with Crippen LogP contribution in [0.2, 0.25) is 0 Å². The number of H-pyrrole nitrogens is 1. The Kier molecular flexibility index (Phi) is 4.71. The largest absolute Gasteiger partial charge is 0.366 e. The molecule has 1 aliphatic heterocycles. The average molecular weight is 398 g/mol. The summed E-state index contributed by atoms with van der Waals surface area (Å²) in [5, 5.41) is 2.53. The number of anilines is 2. The molecular formula is C18H19FN8O2. The van der Waals surface area contributed by atoms with Crippen LogP contribution in [0.5, 0.6) is 0 Å². The number of amides is 2. The molecule has 150 valence electrons. The van der Waals surface area contributed by atoms with E-state index in [0.29, 0.717) is 54.7 Å². The predicted octanol–water partition coefficient (Wildman–Crippen LogP) is 0.277. The number of primary amides is 1. The van der Waals surface area contributed by atoms with Crippen molar-refractivity contribution in [2.24, 2.45) is 5.73 Å². The lowest BCUT2D eigenvalue weighted by atomic mass is 10.1. The van der Waals surface area contributed by atoms with E-state index in [-0.39, 0.29) is 11.5 Å². The lowest BCUT2D eigenvalue weighted by Gasteiger charge is -2.34. The zero-order chi connectivity index (χ0) is 20.5. The second kappa shape index (κ2) is 7.34. The number of nitrogens with two attached hydrogens (primary N) is 1. The summed E-state index contributed by atoms with van der Waals surface area (Å²) >= 11 is 0. The maximum atomic E-state index is 13.7. The number of imidazole rings is 1. The number of nitrogens with one attached hydrogen (secondary N) is 2. The Labute approximate surface area is 164 Å². The van der Waals surface area contributed by atoms with E-state index in [0.717, 1.165) is 6.07 Å². The van der Waals surface area contributed by atoms with Crippen LogP contribution in [0.3, 0.4) is 0 Å². The maximum Gasteiger partial charge on any atom is 0.254 e. The topological polar surface area (TPSA) is 133 Å². The molecule has 4 rings (SSSR count). The lowest BCUT2D eigenvalue weighted by molar-refractivity contribution is 0.0960. The molecule has 1 saturated heterocycles. The molecule has 2 amide bonds. The molecule has 0 aliphatic carbocycles. The Morgan fingerprint density at radius 1 is 1.14 bits per heavy atom. The van der Waals surface area contributed by atoms with E-state index in [2.05, 4.69) is 25.3 Å². The number of carbonyl (C=O) groups excluding carboxylic acids is 2. The van der Waals surface area contributed by atoms with E-state index in [1.807, 2.05) is 9.80 Å². The first-order chi connectivity index (χ1) is 14.0. The van der Waals surface area contributed by atoms with E-state index >= 15 is 0 Å². The number of rotatable bonds is 4. The molecule has 0 atom stereocenters. The number of hydrogen-bond donors (Lipinski definition) is 3. The predicted molar refractivity (Wildman–Crippen MR) is 104 cm³/mol. The van der Waals surface area contributed by atoms with Gasteiger partial charge in [-0.1, -0.05) is 0 Å². The van der Waals surface area contributed by atoms with Gasteiger partial charge in [0, 0.05) is 45.6 Å². The minimum absolute atomic E-state index is 0.0470. The molecule has 10 nitrogen and oxygen atoms in total. The van der Waals surface area contributed by atoms with Gasteiger partial charge in [0.15, 0.2) is 0 Å². The molecule has 4 N–H and O–H groups in total. The zero-order valence-corrected chi connectivity index (χ0v) is 15.6. The Morgan fingerprint density at radius 2 is 1.79 bits per heavy atom. The molecule has 1 fully saturated rings. The lowest BCUT2D eigenvalue weighted by Crippen LogP contribution is -2.47. The van der Waals surface area contributed by atoms with Crippen LogP contribution in [0.15, 0.2) is 24.5 Å². The van der Waals surface area contributed by atoms with Crippen molar-refractivity contribution < 1.29 is 14.0 Å². The number of nitrogens with zero attached hydrogens (tertiary/aromatic N) is 5. The minimum Gasteiger partial charge on any atom is -0.366 e. The fourth-order valence-electron chi connectivity index (χ4n) is 3.27. The van der Waals surface area contributed by atoms with E-state index in [1.54, 1.807) is 7.05 Å². The number of hydrogen-bond acceptors (Lipinski definition) is 7. The molecule has 1 aromatic carbocycles. The van der Waals surface area contributed by atoms with Crippen LogP contribution in [0.4, 0.5) is 16.3 Å². The summed E-state index contributed by atoms with van der Waals surface area (Å²) in [6.45, 7) is 2.50. The van der Waals surface area contributed by atoms with E-state index < -0.39 is 11.7 Å². The monoisotopic (exact) mass is 398 g/mol. The fraction of sp³-hybridized carbons (Fsp3) is 0.278. The molecule has 0 spiro atoms. The Morgan fingerprint density at radius 3 is 2.41 bits per heavy atom. The molecule has 3 aromatic rings. The van der Waals surface area contributed by atoms with Crippen LogP contribution < -0.4 is 20.9 Å². The van der Waals surface area contributed by atoms with E-state index in [1.165, 1.54) is 18.5 Å². The molecule has 0 saturated carbocycles. The van der Waals surface area contributed by atoms with Gasteiger partial charge in [-0.25, -0.2) is 19.3 Å². The third kappa shape index (κ3) is 3.53. The number of carbonyl (C=O) groups is 2. The summed E-state index contributed by atoms with van der Waals surface area (Å²) in [6, 6.07) is 2.38. The minimum atomic E-state index is -0.727. The quantitative estimate of drug-likeness (QED) is 0.575. The van der Waals surface area contributed by atoms with Crippen LogP contribution in [-0.2, 0) is 0 Å². The highest BCUT2D eigenvalue weighted by atomic mass is 19.1. The first kappa shape index (κ1) is 18.6. The molecule has 2 aromatic heterocycles. The number of halogens is 1. The first-order valence-electron chi connectivity index (χ1n) is 8.99. The number of piperazine rings is 1. The van der Waals surface area contributed by atoms with Gasteiger partial charge in [0.25, 0.3) is 11.8 Å². The molecule has 0 radical (unpaired) electrons. The third-order valence-corrected chi connectivity index (χ3v) is 4.79. The van der Waals surface area contributed by atoms with Crippen molar-refractivity contribution in [2.45, 2.75) is 0 Å². The van der Waals surface area contributed by atoms with Crippen molar-refractivity contribution in [1.82, 2.24) is 25.3 Å². The highest BCUT2D eigenvalue weighted by Gasteiger charge is 2.23. The average Bonchev–Trinajstić information content (AvgIpc) is 3.16. The smallest absolute Gasteiger partial charge is 0.254 e. The molecule has 3 heterocycles. The van der Waals surface area contributed by atoms with Crippen molar-refractivity contribution in [3.05, 3.63) is 41.5 Å². The van der Waals surface area contributed by atoms with Crippen LogP contribution in [0, 0.1) is 5.82 Å². The van der Waals surface area contributed by atoms with Gasteiger partial charge in [0.2, 0.25) is 11.9 Å². The number of fused-ring (bicyclic) bond motifs is 1. The number of aromatic amines is 1. The fourth-order valence-corrected chi connectivity index (χ4v) is 3.27. The van der Waals surface area contributed by atoms with Gasteiger partial charge >= 0.3 is 0 Å². The number of benzene rings is 1. The van der Waals surface area contributed by atoms with Crippen LogP contribution >= 0.6 is 0 Å². The summed E-state index contributed by atoms with van der Waals surface area (Å²) in [5.41, 5.74) is 6.56. The molecular weight excluding hydrogens is 379 g/mol. The Hall–Kier alpha value is -3.76. The van der Waals surface area contributed by atoms with E-state index in [4.69, 9.17) is 5.73 Å². The second-order valence-electron chi connectivity index (χ2n) is 6.60. The van der Waals surface area contributed by atoms with Gasteiger partial charge in [-0.15, -0.1) is 0 Å². The summed E-state index contributed by atoms with van der Waals surface area (Å²) < 4.78 is 13.7. The van der Waals surface area contributed by atoms with Crippen molar-refractivity contribution in [2.75, 3.05) is 43.0 Å². The third-order valence-electron chi connectivity index (χ3n) is 4.79. The van der Waals surface area contributed by atoms with Crippen LogP contribution in [-0.4, -0.2) is 65.0 Å². The summed E-state index contributed by atoms with van der Waals surface area (Å²) in [4.78, 5) is 43.2. The molecule has 1 aliphatic rings. The first-order valence-corrected chi connectivity index (χ1v) is 8.99. The van der Waals surface area contributed by atoms with Gasteiger partial charge in [-0.05, 0) is 12.1 Å². The summed E-state index contributed by atoms with van der Waals surface area (Å²) in [7, 11) is 1.55. The summed E-state index contributed by atoms with van der Waals surface area (Å²) in [5.74, 6) is -0.431. The zero-order valence-electron chi connectivity index (χ0n) is 15.6. The maximum absolute atomic E-state index is 13.7. The van der Waals surface area contributed by atoms with Crippen LogP contribution in [0.1, 0.15) is 20.7 Å². The van der Waals surface area contributed by atoms with Crippen molar-refractivity contribution in [3.8, 4) is 0 Å². The Bertz CT molecular complexity index is 1070. The Balaban J connectivity index is 1.49. The van der Waals surface area contributed by atoms with Crippen molar-refractivity contribution >= 4 is 34.7 Å². The van der Waals surface area contributed by atoms with Gasteiger partial charge in [-0.2, -0.15) is 0 Å². The molecule has 0 unspecified atom stereocenters. The number of aromatic nitrogens is 4. The van der Waals surface area contributed by atoms with Gasteiger partial charge in [0.1, 0.15) is 11.3 Å². The highest BCUT2D eigenvalue weighted by Crippen LogP contribution is 2.23. The normalized spacial score (nSPS) is 14.3. The van der Waals surface area contributed by atoms with Gasteiger partial charge in [-0.3, -0.25) is 9.59 Å². The van der Waals surface area contributed by atoms with E-state index in [9.17, 15) is 14.0 Å². The van der Waals surface area contributed by atoms with Crippen molar-refractivity contribution in [1.29, 1.82) is 0 Å². The second-order valence-corrected chi connectivity index (χ2v) is 6.60. The van der Waals surface area contributed by atoms with Gasteiger partial charge in [0.05, 0.1) is 16.6 Å². The highest BCUT2D eigenvalue weighted by molar-refractivity contribution is 6.04. The standard InChI is InChI=1S/C18H19FN8O2/c1-21-16(29)10-8-22-17(23-9-10)26-2-4-27(5-3-26)18-24-13-7-11(19)6-12(15(20)28)14(13)25-18/h6-9H,2-5H2,1H3,(H2,20,28)(H,21,29)(H,24,25). The van der Waals surface area contributed by atoms with Crippen molar-refractivity contribution in [3.63, 3.8) is 0 Å². The van der Waals surface area contributed by atoms with Gasteiger partial charge < -0.3 is 25.8 Å². The SMILES string of the molecule is CNC(=O)c1cnc(N2CCN(c3nc4c(C(N)=O)cc(F)cc4[nH]3)CC2)nc1. The molecule has 0 bridgehead atoms. The molecule has 29 heavy (non-hydrogen) atoms. The molecule has 11 heteroatoms.